The molecule has 4 nitrogen and oxygen atoms in total. The maximum Gasteiger partial charge on any atom is 0.136 e. The van der Waals surface area contributed by atoms with Crippen LogP contribution in [0.5, 0.6) is 0 Å². The summed E-state index contributed by atoms with van der Waals surface area (Å²) < 4.78 is 13.3. The van der Waals surface area contributed by atoms with E-state index in [1.54, 1.807) is 0 Å². The third-order valence-corrected chi connectivity index (χ3v) is 11.8. The van der Waals surface area contributed by atoms with Gasteiger partial charge in [0, 0.05) is 44.3 Å². The molecule has 9 aromatic carbocycles. The van der Waals surface area contributed by atoms with Crippen molar-refractivity contribution in [3.8, 4) is 0 Å². The van der Waals surface area contributed by atoms with E-state index in [1.807, 2.05) is 12.1 Å². The molecular formula is C54H40N2O2. The molecule has 278 valence electrons. The van der Waals surface area contributed by atoms with Gasteiger partial charge in [0.25, 0.3) is 0 Å². The molecule has 2 heterocycles. The van der Waals surface area contributed by atoms with Crippen LogP contribution in [-0.2, 0) is 0 Å². The lowest BCUT2D eigenvalue weighted by molar-refractivity contribution is 0.663. The van der Waals surface area contributed by atoms with Crippen LogP contribution < -0.4 is 9.80 Å². The van der Waals surface area contributed by atoms with Gasteiger partial charge in [0.05, 0.1) is 11.4 Å². The van der Waals surface area contributed by atoms with Gasteiger partial charge in [-0.15, -0.1) is 0 Å². The Morgan fingerprint density at radius 2 is 0.707 bits per heavy atom. The highest BCUT2D eigenvalue weighted by atomic mass is 16.3. The standard InChI is InChI=1S/C54H40N2O2/c1-33-13-11-14-34(2)53(33)55(41-17-7-5-8-18-41)43-23-21-37-29-45-49(31-39(37)27-43)57-47-25-26-48-52(51(45)47)46-30-38-22-24-44(28-40(38)32-50(46)58-48)56(42-19-9-6-10-20-42)54-35(3)15-12-16-36(54)4/h5-32H,1-4H3. The monoisotopic (exact) mass is 748 g/mol. The Morgan fingerprint density at radius 3 is 1.10 bits per heavy atom. The summed E-state index contributed by atoms with van der Waals surface area (Å²) in [4.78, 5) is 4.73. The fourth-order valence-electron chi connectivity index (χ4n) is 9.16. The van der Waals surface area contributed by atoms with Crippen LogP contribution in [0.15, 0.2) is 179 Å². The fourth-order valence-corrected chi connectivity index (χ4v) is 9.16. The van der Waals surface area contributed by atoms with Gasteiger partial charge in [-0.3, -0.25) is 0 Å². The molecule has 0 aliphatic carbocycles. The number of fused-ring (bicyclic) bond motifs is 9. The van der Waals surface area contributed by atoms with E-state index in [9.17, 15) is 0 Å². The molecule has 0 aliphatic rings. The number of rotatable bonds is 6. The second kappa shape index (κ2) is 13.1. The topological polar surface area (TPSA) is 32.8 Å². The van der Waals surface area contributed by atoms with Crippen molar-refractivity contribution in [2.45, 2.75) is 27.7 Å². The summed E-state index contributed by atoms with van der Waals surface area (Å²) in [6.07, 6.45) is 0. The number of aryl methyl sites for hydroxylation is 4. The second-order valence-corrected chi connectivity index (χ2v) is 15.6. The summed E-state index contributed by atoms with van der Waals surface area (Å²) in [5.74, 6) is 0. The van der Waals surface area contributed by atoms with E-state index in [0.29, 0.717) is 0 Å². The van der Waals surface area contributed by atoms with Crippen LogP contribution in [0.4, 0.5) is 34.1 Å². The Morgan fingerprint density at radius 1 is 0.310 bits per heavy atom. The lowest BCUT2D eigenvalue weighted by Gasteiger charge is -2.29. The molecule has 2 aromatic heterocycles. The first-order valence-corrected chi connectivity index (χ1v) is 19.9. The van der Waals surface area contributed by atoms with Gasteiger partial charge in [-0.05, 0) is 156 Å². The van der Waals surface area contributed by atoms with Crippen molar-refractivity contribution in [1.82, 2.24) is 0 Å². The van der Waals surface area contributed by atoms with E-state index < -0.39 is 0 Å². The molecule has 0 aliphatic heterocycles. The first-order valence-electron chi connectivity index (χ1n) is 19.9. The lowest BCUT2D eigenvalue weighted by Crippen LogP contribution is -2.12. The van der Waals surface area contributed by atoms with Crippen LogP contribution in [0.3, 0.4) is 0 Å². The highest BCUT2D eigenvalue weighted by Crippen LogP contribution is 2.45. The lowest BCUT2D eigenvalue weighted by atomic mass is 10.00. The molecule has 11 aromatic rings. The quantitative estimate of drug-likeness (QED) is 0.170. The number of nitrogens with zero attached hydrogens (tertiary/aromatic N) is 2. The van der Waals surface area contributed by atoms with Crippen LogP contribution in [0.2, 0.25) is 0 Å². The van der Waals surface area contributed by atoms with Crippen LogP contribution in [0, 0.1) is 27.7 Å². The normalized spacial score (nSPS) is 11.8. The van der Waals surface area contributed by atoms with Gasteiger partial charge in [-0.2, -0.15) is 0 Å². The fraction of sp³-hybridized carbons (Fsp3) is 0.0741. The Kier molecular flexibility index (Phi) is 7.70. The summed E-state index contributed by atoms with van der Waals surface area (Å²) in [5.41, 5.74) is 15.2. The Bertz CT molecular complexity index is 3130. The van der Waals surface area contributed by atoms with E-state index in [1.165, 1.54) is 33.6 Å². The van der Waals surface area contributed by atoms with Crippen LogP contribution in [0.1, 0.15) is 22.3 Å². The first kappa shape index (κ1) is 34.0. The average molecular weight is 749 g/mol. The molecule has 0 spiro atoms. The highest BCUT2D eigenvalue weighted by Gasteiger charge is 2.21. The highest BCUT2D eigenvalue weighted by molar-refractivity contribution is 6.28. The molecule has 0 N–H and O–H groups in total. The van der Waals surface area contributed by atoms with Crippen molar-refractivity contribution in [3.63, 3.8) is 0 Å². The predicted octanol–water partition coefficient (Wildman–Crippen LogP) is 16.0. The summed E-state index contributed by atoms with van der Waals surface area (Å²) in [6, 6.07) is 60.8. The summed E-state index contributed by atoms with van der Waals surface area (Å²) in [7, 11) is 0. The molecule has 0 bridgehead atoms. The van der Waals surface area contributed by atoms with Gasteiger partial charge < -0.3 is 18.6 Å². The molecule has 11 rings (SSSR count). The molecule has 0 atom stereocenters. The van der Waals surface area contributed by atoms with Crippen LogP contribution >= 0.6 is 0 Å². The SMILES string of the molecule is Cc1cccc(C)c1N(c1ccccc1)c1ccc2cc3c(cc2c1)oc1ccc2oc4cc5cc(N(c6ccccc6)c6c(C)cccc6C)ccc5cc4c2c13. The molecule has 0 radical (unpaired) electrons. The van der Waals surface area contributed by atoms with Crippen molar-refractivity contribution in [2.24, 2.45) is 0 Å². The van der Waals surface area contributed by atoms with E-state index in [-0.39, 0.29) is 0 Å². The minimum absolute atomic E-state index is 0.852. The molecule has 0 saturated heterocycles. The molecule has 4 heteroatoms. The Balaban J connectivity index is 1.06. The third kappa shape index (κ3) is 5.37. The molecule has 0 fully saturated rings. The zero-order valence-corrected chi connectivity index (χ0v) is 32.9. The average Bonchev–Trinajstić information content (AvgIpc) is 3.79. The molecule has 0 saturated carbocycles. The zero-order valence-electron chi connectivity index (χ0n) is 32.9. The van der Waals surface area contributed by atoms with Crippen LogP contribution in [0.25, 0.3) is 65.4 Å². The third-order valence-electron chi connectivity index (χ3n) is 11.8. The van der Waals surface area contributed by atoms with Crippen LogP contribution in [-0.4, -0.2) is 0 Å². The van der Waals surface area contributed by atoms with Crippen molar-refractivity contribution < 1.29 is 8.83 Å². The van der Waals surface area contributed by atoms with Gasteiger partial charge in [-0.1, -0.05) is 84.9 Å². The van der Waals surface area contributed by atoms with Crippen molar-refractivity contribution >= 4 is 99.5 Å². The maximum atomic E-state index is 6.67. The number of hydrogen-bond acceptors (Lipinski definition) is 4. The maximum absolute atomic E-state index is 6.67. The number of benzene rings is 9. The minimum atomic E-state index is 0.852. The number of furan rings is 2. The summed E-state index contributed by atoms with van der Waals surface area (Å²) in [6.45, 7) is 8.74. The smallest absolute Gasteiger partial charge is 0.136 e. The Hall–Kier alpha value is -7.30. The minimum Gasteiger partial charge on any atom is -0.456 e. The van der Waals surface area contributed by atoms with Crippen molar-refractivity contribution in [2.75, 3.05) is 9.80 Å². The number of para-hydroxylation sites is 4. The molecule has 0 unspecified atom stereocenters. The zero-order chi connectivity index (χ0) is 39.1. The van der Waals surface area contributed by atoms with Gasteiger partial charge in [0.15, 0.2) is 0 Å². The van der Waals surface area contributed by atoms with Crippen molar-refractivity contribution in [1.29, 1.82) is 0 Å². The largest absolute Gasteiger partial charge is 0.456 e. The van der Waals surface area contributed by atoms with Gasteiger partial charge in [0.1, 0.15) is 22.3 Å². The van der Waals surface area contributed by atoms with Gasteiger partial charge >= 0.3 is 0 Å². The van der Waals surface area contributed by atoms with Crippen molar-refractivity contribution in [3.05, 3.63) is 192 Å². The molecular weight excluding hydrogens is 709 g/mol. The van der Waals surface area contributed by atoms with E-state index in [0.717, 1.165) is 88.2 Å². The second-order valence-electron chi connectivity index (χ2n) is 15.6. The Labute approximate surface area is 336 Å². The van der Waals surface area contributed by atoms with E-state index in [2.05, 4.69) is 195 Å². The number of anilines is 6. The van der Waals surface area contributed by atoms with Gasteiger partial charge in [0.2, 0.25) is 0 Å². The first-order chi connectivity index (χ1) is 28.4. The predicted molar refractivity (Wildman–Crippen MR) is 244 cm³/mol. The summed E-state index contributed by atoms with van der Waals surface area (Å²) in [5, 5.41) is 8.89. The van der Waals surface area contributed by atoms with E-state index in [4.69, 9.17) is 8.83 Å². The van der Waals surface area contributed by atoms with Gasteiger partial charge in [-0.25, -0.2) is 0 Å². The molecule has 0 amide bonds. The van der Waals surface area contributed by atoms with E-state index >= 15 is 0 Å². The molecule has 58 heavy (non-hydrogen) atoms. The number of hydrogen-bond donors (Lipinski definition) is 0. The summed E-state index contributed by atoms with van der Waals surface area (Å²) >= 11 is 0.